The second-order valence-corrected chi connectivity index (χ2v) is 17.3. The van der Waals surface area contributed by atoms with Crippen LogP contribution in [0.15, 0.2) is 30.3 Å². The number of ether oxygens (including phenoxy) is 1. The molecule has 1 aromatic rings. The van der Waals surface area contributed by atoms with Crippen LogP contribution in [-0.4, -0.2) is 148 Å². The van der Waals surface area contributed by atoms with Crippen LogP contribution in [0.4, 0.5) is 9.59 Å². The summed E-state index contributed by atoms with van der Waals surface area (Å²) in [6, 6.07) is 1.69. The molecule has 0 aliphatic heterocycles. The van der Waals surface area contributed by atoms with Crippen molar-refractivity contribution in [1.29, 1.82) is 0 Å². The number of hydrogen-bond donors (Lipinski definition) is 12. The molecule has 3 unspecified atom stereocenters. The third-order valence-electron chi connectivity index (χ3n) is 9.51. The summed E-state index contributed by atoms with van der Waals surface area (Å²) < 4.78 is 4.61. The minimum Gasteiger partial charge on any atom is -0.481 e. The Labute approximate surface area is 388 Å². The number of carboxylic acids is 4. The molecule has 13 N–H and O–H groups in total. The van der Waals surface area contributed by atoms with Crippen molar-refractivity contribution in [3.8, 4) is 0 Å². The molecule has 8 amide bonds. The third-order valence-corrected chi connectivity index (χ3v) is 11.9. The second kappa shape index (κ2) is 32.4. The third kappa shape index (κ3) is 25.8. The fourth-order valence-electron chi connectivity index (χ4n) is 5.92. The minimum absolute atomic E-state index is 0.0287. The first-order valence-electron chi connectivity index (χ1n) is 20.8. The minimum atomic E-state index is -1.60. The van der Waals surface area contributed by atoms with Crippen molar-refractivity contribution in [2.24, 2.45) is 17.6 Å². The number of carbonyl (C=O) groups excluding carboxylic acids is 7. The van der Waals surface area contributed by atoms with E-state index in [0.717, 1.165) is 0 Å². The van der Waals surface area contributed by atoms with Crippen LogP contribution in [0.2, 0.25) is 0 Å². The number of benzene rings is 1. The van der Waals surface area contributed by atoms with Crippen LogP contribution in [0.1, 0.15) is 70.8 Å². The molecule has 0 radical (unpaired) electrons. The van der Waals surface area contributed by atoms with E-state index >= 15 is 0 Å². The molecule has 0 aromatic heterocycles. The van der Waals surface area contributed by atoms with Gasteiger partial charge in [-0.1, -0.05) is 72.2 Å². The summed E-state index contributed by atoms with van der Waals surface area (Å²) in [7, 11) is 2.70. The molecule has 0 aliphatic carbocycles. The van der Waals surface area contributed by atoms with E-state index in [0.29, 0.717) is 29.9 Å². The van der Waals surface area contributed by atoms with Crippen LogP contribution in [0.25, 0.3) is 0 Å². The Balaban J connectivity index is 2.84. The van der Waals surface area contributed by atoms with Gasteiger partial charge < -0.3 is 68.1 Å². The molecule has 6 atom stereocenters. The monoisotopic (exact) mass is 972 g/mol. The number of aliphatic carboxylic acids is 4. The predicted molar refractivity (Wildman–Crippen MR) is 239 cm³/mol. The Kier molecular flexibility index (Phi) is 28.3. The molecule has 26 heteroatoms. The molecule has 1 rings (SSSR count). The zero-order valence-electron chi connectivity index (χ0n) is 36.5. The van der Waals surface area contributed by atoms with E-state index in [1.165, 1.54) is 21.6 Å². The number of nitrogens with one attached hydrogen (secondary N) is 7. The number of primary amides is 1. The van der Waals surface area contributed by atoms with E-state index in [1.54, 1.807) is 37.3 Å². The predicted octanol–water partition coefficient (Wildman–Crippen LogP) is -0.208. The SMILES string of the molecule is CCC(CNC(=O)CCC(NC(=O)N[C@@H](CCC(=O)O)C(=O)O)C(=O)O)CC(CC)C(=O)N[C@@H](Cc1ccccc1)C(=O)NCC(=O)N[C@@H](CC(=O)O)C(=O)NCCSSCCOC(N)=O. The first kappa shape index (κ1) is 57.7. The average Bonchev–Trinajstić information content (AvgIpc) is 3.25. The van der Waals surface area contributed by atoms with Crippen LogP contribution in [0, 0.1) is 11.8 Å². The maximum absolute atomic E-state index is 13.7. The Morgan fingerprint density at radius 2 is 1.26 bits per heavy atom. The zero-order valence-corrected chi connectivity index (χ0v) is 38.2. The largest absolute Gasteiger partial charge is 0.481 e. The van der Waals surface area contributed by atoms with Crippen molar-refractivity contribution < 1.29 is 77.9 Å². The van der Waals surface area contributed by atoms with Crippen molar-refractivity contribution in [3.05, 3.63) is 35.9 Å². The Morgan fingerprint density at radius 3 is 1.82 bits per heavy atom. The summed E-state index contributed by atoms with van der Waals surface area (Å²) in [6.07, 6.45) is -2.25. The van der Waals surface area contributed by atoms with E-state index in [9.17, 15) is 68.1 Å². The summed E-state index contributed by atoms with van der Waals surface area (Å²) in [5.41, 5.74) is 5.57. The van der Waals surface area contributed by atoms with Crippen molar-refractivity contribution >= 4 is 87.1 Å². The molecule has 0 bridgehead atoms. The Hall–Kier alpha value is -6.31. The van der Waals surface area contributed by atoms with Crippen LogP contribution in [-0.2, 0) is 54.3 Å². The summed E-state index contributed by atoms with van der Waals surface area (Å²) in [6.45, 7) is 3.25. The Bertz CT molecular complexity index is 1810. The van der Waals surface area contributed by atoms with Crippen molar-refractivity contribution in [1.82, 2.24) is 37.2 Å². The summed E-state index contributed by atoms with van der Waals surface area (Å²) in [4.78, 5) is 134. The van der Waals surface area contributed by atoms with E-state index < -0.39 is 121 Å². The molecule has 0 aliphatic rings. The molecule has 24 nitrogen and oxygen atoms in total. The molecule has 0 spiro atoms. The smallest absolute Gasteiger partial charge is 0.404 e. The number of hydrogen-bond acceptors (Lipinski definition) is 14. The van der Waals surface area contributed by atoms with Gasteiger partial charge in [-0.05, 0) is 37.2 Å². The highest BCUT2D eigenvalue weighted by atomic mass is 33.1. The van der Waals surface area contributed by atoms with Crippen LogP contribution < -0.4 is 43.0 Å². The van der Waals surface area contributed by atoms with Gasteiger partial charge in [0.15, 0.2) is 0 Å². The summed E-state index contributed by atoms with van der Waals surface area (Å²) in [5, 5.41) is 53.8. The van der Waals surface area contributed by atoms with Gasteiger partial charge in [-0.15, -0.1) is 0 Å². The maximum atomic E-state index is 13.7. The van der Waals surface area contributed by atoms with E-state index in [1.807, 2.05) is 12.2 Å². The molecule has 368 valence electrons. The summed E-state index contributed by atoms with van der Waals surface area (Å²) >= 11 is 0. The topological polar surface area (TPSA) is 388 Å². The van der Waals surface area contributed by atoms with Crippen LogP contribution in [0.3, 0.4) is 0 Å². The van der Waals surface area contributed by atoms with Crippen molar-refractivity contribution in [2.75, 3.05) is 37.7 Å². The van der Waals surface area contributed by atoms with E-state index in [-0.39, 0.29) is 51.3 Å². The fourth-order valence-corrected chi connectivity index (χ4v) is 7.65. The lowest BCUT2D eigenvalue weighted by atomic mass is 9.89. The molecule has 0 saturated carbocycles. The number of carboxylic acid groups (broad SMARTS) is 4. The number of nitrogens with two attached hydrogens (primary N) is 1. The highest BCUT2D eigenvalue weighted by molar-refractivity contribution is 8.76. The van der Waals surface area contributed by atoms with Gasteiger partial charge in [-0.2, -0.15) is 0 Å². The van der Waals surface area contributed by atoms with Gasteiger partial charge in [-0.3, -0.25) is 33.6 Å². The van der Waals surface area contributed by atoms with Gasteiger partial charge >= 0.3 is 36.0 Å². The first-order chi connectivity index (χ1) is 31.2. The molecule has 0 heterocycles. The highest BCUT2D eigenvalue weighted by Gasteiger charge is 2.30. The molecule has 66 heavy (non-hydrogen) atoms. The average molecular weight is 973 g/mol. The lowest BCUT2D eigenvalue weighted by Gasteiger charge is -2.25. The zero-order chi connectivity index (χ0) is 49.6. The van der Waals surface area contributed by atoms with Crippen molar-refractivity contribution in [3.63, 3.8) is 0 Å². The maximum Gasteiger partial charge on any atom is 0.404 e. The number of carbonyl (C=O) groups is 11. The van der Waals surface area contributed by atoms with Gasteiger partial charge in [0.1, 0.15) is 30.8 Å². The summed E-state index contributed by atoms with van der Waals surface area (Å²) in [5.74, 6) is -9.17. The van der Waals surface area contributed by atoms with Gasteiger partial charge in [0.05, 0.1) is 13.0 Å². The van der Waals surface area contributed by atoms with E-state index in [4.69, 9.17) is 10.8 Å². The number of amides is 8. The molecule has 1 aromatic carbocycles. The normalized spacial score (nSPS) is 13.4. The number of urea groups is 1. The van der Waals surface area contributed by atoms with Crippen LogP contribution in [0.5, 0.6) is 0 Å². The quantitative estimate of drug-likeness (QED) is 0.0314. The standard InChI is InChI=1S/C40H60N8O16S2/c1-3-23(21-43-30(49)12-10-26(37(58)59)47-40(63)48-27(38(60)61)11-13-32(51)52)18-25(4-2)34(55)46-28(19-24-8-6-5-7-9-24)36(57)44-22-31(50)45-29(20-33(53)54)35(56)42-14-16-65-66-17-15-64-39(41)62/h5-9,23,25-29H,3-4,10-22H2,1-2H3,(H2,41,62)(H,42,56)(H,43,49)(H,44,57)(H,45,50)(H,46,55)(H,51,52)(H,53,54)(H,58,59)(H,60,61)(H2,47,48,63)/t23?,25?,26?,27-,28-,29-/m0/s1. The lowest BCUT2D eigenvalue weighted by Crippen LogP contribution is -2.53. The lowest BCUT2D eigenvalue weighted by molar-refractivity contribution is -0.141. The first-order valence-corrected chi connectivity index (χ1v) is 23.3. The van der Waals surface area contributed by atoms with Gasteiger partial charge in [0.2, 0.25) is 29.5 Å². The van der Waals surface area contributed by atoms with Crippen LogP contribution >= 0.6 is 21.6 Å². The van der Waals surface area contributed by atoms with E-state index in [2.05, 4.69) is 36.6 Å². The molecule has 0 fully saturated rings. The second-order valence-electron chi connectivity index (χ2n) is 14.6. The van der Waals surface area contributed by atoms with Crippen molar-refractivity contribution in [2.45, 2.75) is 95.8 Å². The van der Waals surface area contributed by atoms with Gasteiger partial charge in [0, 0.05) is 49.8 Å². The van der Waals surface area contributed by atoms with Gasteiger partial charge in [0.25, 0.3) is 0 Å². The molecular weight excluding hydrogens is 913 g/mol. The molecular formula is C40H60N8O16S2. The highest BCUT2D eigenvalue weighted by Crippen LogP contribution is 2.20. The molecule has 0 saturated heterocycles. The fraction of sp³-hybridized carbons (Fsp3) is 0.575. The van der Waals surface area contributed by atoms with Gasteiger partial charge in [-0.25, -0.2) is 19.2 Å². The number of rotatable bonds is 34. The Morgan fingerprint density at radius 1 is 0.652 bits per heavy atom.